The van der Waals surface area contributed by atoms with Crippen LogP contribution in [-0.4, -0.2) is 24.3 Å². The second kappa shape index (κ2) is 6.42. The van der Waals surface area contributed by atoms with E-state index in [1.807, 2.05) is 0 Å². The summed E-state index contributed by atoms with van der Waals surface area (Å²) in [5, 5.41) is 4.08. The lowest BCUT2D eigenvalue weighted by atomic mass is 10.1. The number of carbonyl (C=O) groups is 2. The van der Waals surface area contributed by atoms with E-state index in [9.17, 15) is 27.2 Å². The van der Waals surface area contributed by atoms with Gasteiger partial charge in [-0.25, -0.2) is 13.6 Å². The molecule has 1 aromatic carbocycles. The first kappa shape index (κ1) is 16.7. The van der Waals surface area contributed by atoms with Crippen molar-refractivity contribution in [1.82, 2.24) is 5.32 Å². The first-order valence-corrected chi connectivity index (χ1v) is 5.78. The van der Waals surface area contributed by atoms with Crippen LogP contribution in [0.2, 0.25) is 0 Å². The van der Waals surface area contributed by atoms with Gasteiger partial charge in [0.1, 0.15) is 0 Å². The zero-order chi connectivity index (χ0) is 16.2. The number of hydrogen-bond donors (Lipinski definition) is 3. The van der Waals surface area contributed by atoms with Crippen molar-refractivity contribution in [3.63, 3.8) is 0 Å². The molecular formula is C12H13F4N3O2. The molecule has 0 aliphatic carbocycles. The van der Waals surface area contributed by atoms with Crippen LogP contribution in [-0.2, 0) is 4.79 Å². The van der Waals surface area contributed by atoms with Crippen LogP contribution in [0.1, 0.15) is 18.5 Å². The molecule has 5 nitrogen and oxygen atoms in total. The van der Waals surface area contributed by atoms with Gasteiger partial charge in [0.05, 0.1) is 6.04 Å². The number of carbonyl (C=O) groups excluding carboxylic acids is 2. The number of amides is 3. The molecule has 0 saturated carbocycles. The smallest absolute Gasteiger partial charge is 0.351 e. The molecule has 0 heterocycles. The maximum absolute atomic E-state index is 12.8. The summed E-state index contributed by atoms with van der Waals surface area (Å²) in [6.45, 7) is 1.36. The highest BCUT2D eigenvalue weighted by molar-refractivity contribution is 5.87. The number of benzene rings is 1. The van der Waals surface area contributed by atoms with Crippen LogP contribution in [0.25, 0.3) is 0 Å². The van der Waals surface area contributed by atoms with Crippen molar-refractivity contribution < 1.29 is 27.2 Å². The first-order chi connectivity index (χ1) is 9.64. The van der Waals surface area contributed by atoms with Gasteiger partial charge in [-0.05, 0) is 24.6 Å². The van der Waals surface area contributed by atoms with E-state index in [-0.39, 0.29) is 0 Å². The van der Waals surface area contributed by atoms with Crippen molar-refractivity contribution in [2.45, 2.75) is 25.3 Å². The van der Waals surface area contributed by atoms with Crippen LogP contribution in [0.4, 0.5) is 28.0 Å². The van der Waals surface area contributed by atoms with Crippen molar-refractivity contribution >= 4 is 17.6 Å². The Labute approximate surface area is 117 Å². The van der Waals surface area contributed by atoms with E-state index in [0.29, 0.717) is 11.3 Å². The minimum atomic E-state index is -4.75. The van der Waals surface area contributed by atoms with Crippen molar-refractivity contribution in [3.05, 3.63) is 29.8 Å². The van der Waals surface area contributed by atoms with Gasteiger partial charge in [0, 0.05) is 5.69 Å². The Balaban J connectivity index is 2.74. The van der Waals surface area contributed by atoms with Gasteiger partial charge in [-0.2, -0.15) is 8.78 Å². The summed E-state index contributed by atoms with van der Waals surface area (Å²) in [7, 11) is 0. The normalized spacial score (nSPS) is 12.9. The third kappa shape index (κ3) is 4.33. The Morgan fingerprint density at radius 3 is 2.14 bits per heavy atom. The molecule has 3 amide bonds. The Morgan fingerprint density at radius 1 is 1.19 bits per heavy atom. The highest BCUT2D eigenvalue weighted by Gasteiger charge is 2.49. The van der Waals surface area contributed by atoms with Gasteiger partial charge >= 0.3 is 18.4 Å². The summed E-state index contributed by atoms with van der Waals surface area (Å²) in [5.41, 5.74) is 5.66. The largest absolute Gasteiger partial charge is 0.383 e. The third-order valence-electron chi connectivity index (χ3n) is 2.60. The van der Waals surface area contributed by atoms with Crippen molar-refractivity contribution in [2.75, 3.05) is 5.32 Å². The Hall–Kier alpha value is -2.32. The maximum atomic E-state index is 12.8. The predicted octanol–water partition coefficient (Wildman–Crippen LogP) is 2.25. The fraction of sp³-hybridized carbons (Fsp3) is 0.333. The molecule has 0 aliphatic rings. The van der Waals surface area contributed by atoms with Crippen LogP contribution in [0, 0.1) is 0 Å². The monoisotopic (exact) mass is 307 g/mol. The molecule has 21 heavy (non-hydrogen) atoms. The van der Waals surface area contributed by atoms with E-state index in [2.05, 4.69) is 5.32 Å². The number of rotatable bonds is 5. The number of nitrogens with one attached hydrogen (secondary N) is 2. The third-order valence-corrected chi connectivity index (χ3v) is 2.60. The number of primary amides is 1. The average Bonchev–Trinajstić information content (AvgIpc) is 2.38. The number of halogens is 4. The van der Waals surface area contributed by atoms with Gasteiger partial charge in [0.2, 0.25) is 0 Å². The molecule has 9 heteroatoms. The Morgan fingerprint density at radius 2 is 1.71 bits per heavy atom. The fourth-order valence-corrected chi connectivity index (χ4v) is 1.47. The van der Waals surface area contributed by atoms with Crippen LogP contribution in [0.3, 0.4) is 0 Å². The van der Waals surface area contributed by atoms with Gasteiger partial charge in [0.25, 0.3) is 5.91 Å². The molecular weight excluding hydrogens is 294 g/mol. The standard InChI is InChI=1S/C12H13F4N3O2/c1-6(18-10(20)12(15,16)9(13)14)7-2-4-8(5-3-7)19-11(17)21/h2-6,9H,1H3,(H,18,20)(H3,17,19,21). The number of nitrogens with two attached hydrogens (primary N) is 1. The van der Waals surface area contributed by atoms with E-state index in [4.69, 9.17) is 5.73 Å². The van der Waals surface area contributed by atoms with Gasteiger partial charge in [0.15, 0.2) is 0 Å². The zero-order valence-electron chi connectivity index (χ0n) is 10.9. The van der Waals surface area contributed by atoms with Gasteiger partial charge < -0.3 is 16.4 Å². The molecule has 0 radical (unpaired) electrons. The molecule has 0 spiro atoms. The molecule has 1 rings (SSSR count). The van der Waals surface area contributed by atoms with E-state index in [0.717, 1.165) is 0 Å². The number of hydrogen-bond acceptors (Lipinski definition) is 2. The van der Waals surface area contributed by atoms with E-state index >= 15 is 0 Å². The van der Waals surface area contributed by atoms with Crippen molar-refractivity contribution in [1.29, 1.82) is 0 Å². The minimum absolute atomic E-state index is 0.364. The van der Waals surface area contributed by atoms with Crippen LogP contribution < -0.4 is 16.4 Å². The number of alkyl halides is 4. The lowest BCUT2D eigenvalue weighted by Crippen LogP contribution is -2.45. The predicted molar refractivity (Wildman–Crippen MR) is 67.2 cm³/mol. The molecule has 1 atom stereocenters. The topological polar surface area (TPSA) is 84.2 Å². The second-order valence-corrected chi connectivity index (χ2v) is 4.23. The first-order valence-electron chi connectivity index (χ1n) is 5.78. The number of anilines is 1. The summed E-state index contributed by atoms with van der Waals surface area (Å²) >= 11 is 0. The summed E-state index contributed by atoms with van der Waals surface area (Å²) in [6.07, 6.45) is -4.08. The quantitative estimate of drug-likeness (QED) is 0.729. The lowest BCUT2D eigenvalue weighted by molar-refractivity contribution is -0.170. The SMILES string of the molecule is CC(NC(=O)C(F)(F)C(F)F)c1ccc(NC(N)=O)cc1. The fourth-order valence-electron chi connectivity index (χ4n) is 1.47. The Bertz CT molecular complexity index is 520. The van der Waals surface area contributed by atoms with Crippen LogP contribution in [0.15, 0.2) is 24.3 Å². The van der Waals surface area contributed by atoms with Crippen LogP contribution >= 0.6 is 0 Å². The van der Waals surface area contributed by atoms with Gasteiger partial charge in [-0.3, -0.25) is 4.79 Å². The Kier molecular flexibility index (Phi) is 5.12. The van der Waals surface area contributed by atoms with Crippen molar-refractivity contribution in [2.24, 2.45) is 5.73 Å². The average molecular weight is 307 g/mol. The second-order valence-electron chi connectivity index (χ2n) is 4.23. The number of urea groups is 1. The molecule has 4 N–H and O–H groups in total. The molecule has 116 valence electrons. The summed E-state index contributed by atoms with van der Waals surface area (Å²) < 4.78 is 49.7. The molecule has 1 unspecified atom stereocenters. The highest BCUT2D eigenvalue weighted by Crippen LogP contribution is 2.24. The van der Waals surface area contributed by atoms with Gasteiger partial charge in [-0.1, -0.05) is 12.1 Å². The van der Waals surface area contributed by atoms with Crippen molar-refractivity contribution in [3.8, 4) is 0 Å². The minimum Gasteiger partial charge on any atom is -0.351 e. The van der Waals surface area contributed by atoms with Crippen LogP contribution in [0.5, 0.6) is 0 Å². The summed E-state index contributed by atoms with van der Waals surface area (Å²) in [4.78, 5) is 21.7. The maximum Gasteiger partial charge on any atom is 0.383 e. The molecule has 0 saturated heterocycles. The summed E-state index contributed by atoms with van der Waals surface area (Å²) in [5.74, 6) is -6.80. The molecule has 0 fully saturated rings. The van der Waals surface area contributed by atoms with E-state index in [1.165, 1.54) is 31.2 Å². The summed E-state index contributed by atoms with van der Waals surface area (Å²) in [6, 6.07) is 4.01. The highest BCUT2D eigenvalue weighted by atomic mass is 19.3. The molecule has 0 aromatic heterocycles. The molecule has 1 aromatic rings. The molecule has 0 aliphatic heterocycles. The molecule has 0 bridgehead atoms. The van der Waals surface area contributed by atoms with E-state index < -0.39 is 30.3 Å². The zero-order valence-corrected chi connectivity index (χ0v) is 10.9. The van der Waals surface area contributed by atoms with Gasteiger partial charge in [-0.15, -0.1) is 0 Å². The lowest BCUT2D eigenvalue weighted by Gasteiger charge is -2.19. The van der Waals surface area contributed by atoms with E-state index in [1.54, 1.807) is 5.32 Å².